The van der Waals surface area contributed by atoms with Gasteiger partial charge >= 0.3 is 0 Å². The number of hydrogen-bond acceptors (Lipinski definition) is 7. The van der Waals surface area contributed by atoms with Crippen molar-refractivity contribution in [1.82, 2.24) is 19.5 Å². The highest BCUT2D eigenvalue weighted by atomic mass is 28.4. The van der Waals surface area contributed by atoms with Crippen molar-refractivity contribution in [2.75, 3.05) is 11.9 Å². The molecule has 204 valence electrons. The summed E-state index contributed by atoms with van der Waals surface area (Å²) in [4.78, 5) is 13.9. The normalized spacial score (nSPS) is 22.9. The molecule has 0 aromatic carbocycles. The number of fused-ring (bicyclic) bond motifs is 1. The van der Waals surface area contributed by atoms with Crippen molar-refractivity contribution in [3.8, 4) is 6.07 Å². The molecule has 2 saturated carbocycles. The van der Waals surface area contributed by atoms with Crippen molar-refractivity contribution in [2.45, 2.75) is 116 Å². The summed E-state index contributed by atoms with van der Waals surface area (Å²) in [6.45, 7) is 16.5. The molecule has 8 nitrogen and oxygen atoms in total. The lowest BCUT2D eigenvalue weighted by Crippen LogP contribution is -2.41. The molecule has 0 radical (unpaired) electrons. The fourth-order valence-electron chi connectivity index (χ4n) is 5.26. The monoisotopic (exact) mass is 526 g/mol. The maximum atomic E-state index is 11.4. The van der Waals surface area contributed by atoms with Crippen molar-refractivity contribution >= 4 is 25.3 Å². The number of aliphatic hydroxyl groups excluding tert-OH is 1. The molecule has 0 amide bonds. The summed E-state index contributed by atoms with van der Waals surface area (Å²) in [5.74, 6) is 3.20. The van der Waals surface area contributed by atoms with E-state index in [1.807, 2.05) is 0 Å². The molecule has 2 aliphatic carbocycles. The van der Waals surface area contributed by atoms with Gasteiger partial charge in [0.2, 0.25) is 5.82 Å². The number of rotatable bonds is 9. The minimum atomic E-state index is -2.05. The van der Waals surface area contributed by atoms with Crippen molar-refractivity contribution < 1.29 is 9.53 Å². The second kappa shape index (κ2) is 11.0. The van der Waals surface area contributed by atoms with Crippen molar-refractivity contribution in [3.05, 3.63) is 11.6 Å². The molecule has 0 saturated heterocycles. The van der Waals surface area contributed by atoms with Crippen LogP contribution in [0.3, 0.4) is 0 Å². The quantitative estimate of drug-likeness (QED) is 0.375. The number of anilines is 1. The van der Waals surface area contributed by atoms with Crippen LogP contribution in [-0.2, 0) is 11.0 Å². The smallest absolute Gasteiger partial charge is 0.236 e. The third-order valence-corrected chi connectivity index (χ3v) is 13.7. The summed E-state index contributed by atoms with van der Waals surface area (Å²) in [7, 11) is -2.05. The number of aliphatic hydroxyl groups is 1. The average Bonchev–Trinajstić information content (AvgIpc) is 3.15. The van der Waals surface area contributed by atoms with Gasteiger partial charge in [-0.15, -0.1) is 0 Å². The standard InChI is InChI=1S/C28H46N6O2Si/c1-18-11-13-20(14-12-18)16-34-24-25(30-19(2)21-9-8-10-21)31-23(15-29)32-26(24)33-27(34)22(35)17-36-37(6,7)28(3,4)5/h18-22,35H,8-14,16-17H2,1-7H3,(H,30,31,32)/t18?,19-,20?,22?/m1/s1. The molecule has 0 spiro atoms. The molecule has 37 heavy (non-hydrogen) atoms. The molecule has 0 aliphatic heterocycles. The lowest BCUT2D eigenvalue weighted by molar-refractivity contribution is 0.0893. The Kier molecular flexibility index (Phi) is 8.32. The second-order valence-electron chi connectivity index (χ2n) is 13.1. The molecule has 4 rings (SSSR count). The van der Waals surface area contributed by atoms with Crippen LogP contribution in [0.4, 0.5) is 5.82 Å². The number of imidazole rings is 1. The highest BCUT2D eigenvalue weighted by Gasteiger charge is 2.38. The maximum Gasteiger partial charge on any atom is 0.236 e. The Balaban J connectivity index is 1.72. The van der Waals surface area contributed by atoms with Crippen molar-refractivity contribution in [2.24, 2.45) is 17.8 Å². The molecular weight excluding hydrogens is 480 g/mol. The summed E-state index contributed by atoms with van der Waals surface area (Å²) in [6.07, 6.45) is 7.58. The first kappa shape index (κ1) is 28.0. The predicted octanol–water partition coefficient (Wildman–Crippen LogP) is 6.18. The molecule has 2 fully saturated rings. The highest BCUT2D eigenvalue weighted by molar-refractivity contribution is 6.74. The summed E-state index contributed by atoms with van der Waals surface area (Å²) in [5, 5.41) is 24.7. The van der Waals surface area contributed by atoms with Crippen molar-refractivity contribution in [1.29, 1.82) is 5.26 Å². The Morgan fingerprint density at radius 1 is 1.14 bits per heavy atom. The van der Waals surface area contributed by atoms with E-state index in [2.05, 4.69) is 73.6 Å². The SMILES string of the molecule is CC1CCC(Cn2c(C(O)CO[Si](C)(C)C(C)(C)C)nc3nc(C#N)nc(N[C@H](C)C4CCC4)c32)CC1. The van der Waals surface area contributed by atoms with Gasteiger partial charge in [0.05, 0.1) is 6.61 Å². The minimum Gasteiger partial charge on any atom is -0.414 e. The molecule has 2 heterocycles. The zero-order valence-electron chi connectivity index (χ0n) is 23.8. The second-order valence-corrected chi connectivity index (χ2v) is 17.9. The predicted molar refractivity (Wildman–Crippen MR) is 150 cm³/mol. The van der Waals surface area contributed by atoms with Gasteiger partial charge < -0.3 is 19.4 Å². The topological polar surface area (TPSA) is 109 Å². The number of nitrogens with zero attached hydrogens (tertiary/aromatic N) is 5. The van der Waals surface area contributed by atoms with Gasteiger partial charge in [0, 0.05) is 12.6 Å². The van der Waals surface area contributed by atoms with Gasteiger partial charge in [-0.1, -0.05) is 47.0 Å². The van der Waals surface area contributed by atoms with E-state index in [1.165, 1.54) is 32.1 Å². The zero-order valence-corrected chi connectivity index (χ0v) is 24.8. The molecule has 2 atom stereocenters. The lowest BCUT2D eigenvalue weighted by Gasteiger charge is -2.36. The van der Waals surface area contributed by atoms with E-state index >= 15 is 0 Å². The minimum absolute atomic E-state index is 0.0492. The maximum absolute atomic E-state index is 11.4. The third-order valence-electron chi connectivity index (χ3n) is 9.24. The molecule has 2 aliphatic rings. The number of aromatic nitrogens is 4. The summed E-state index contributed by atoms with van der Waals surface area (Å²) >= 11 is 0. The van der Waals surface area contributed by atoms with Gasteiger partial charge in [0.25, 0.3) is 0 Å². The van der Waals surface area contributed by atoms with Crippen LogP contribution in [0.25, 0.3) is 11.2 Å². The molecule has 2 aromatic rings. The van der Waals surface area contributed by atoms with Crippen LogP contribution in [0.1, 0.15) is 97.3 Å². The Hall–Kier alpha value is -2.02. The van der Waals surface area contributed by atoms with E-state index in [0.29, 0.717) is 29.1 Å². The van der Waals surface area contributed by atoms with Gasteiger partial charge in [0.1, 0.15) is 23.5 Å². The Morgan fingerprint density at radius 3 is 2.38 bits per heavy atom. The van der Waals surface area contributed by atoms with Gasteiger partial charge in [-0.05, 0) is 68.5 Å². The number of nitrogens with one attached hydrogen (secondary N) is 1. The van der Waals surface area contributed by atoms with Gasteiger partial charge in [0.15, 0.2) is 19.8 Å². The van der Waals surface area contributed by atoms with E-state index in [4.69, 9.17) is 9.41 Å². The molecule has 2 aromatic heterocycles. The highest BCUT2D eigenvalue weighted by Crippen LogP contribution is 2.38. The van der Waals surface area contributed by atoms with E-state index in [-0.39, 0.29) is 23.5 Å². The molecular formula is C28H46N6O2Si. The third kappa shape index (κ3) is 6.18. The molecule has 2 N–H and O–H groups in total. The first-order valence-corrected chi connectivity index (χ1v) is 17.1. The van der Waals surface area contributed by atoms with E-state index in [0.717, 1.165) is 30.8 Å². The molecule has 0 bridgehead atoms. The van der Waals surface area contributed by atoms with Crippen LogP contribution >= 0.6 is 0 Å². The van der Waals surface area contributed by atoms with E-state index < -0.39 is 14.4 Å². The summed E-state index contributed by atoms with van der Waals surface area (Å²) in [5.41, 5.74) is 1.27. The largest absolute Gasteiger partial charge is 0.414 e. The number of nitriles is 1. The Labute approximate surface area is 223 Å². The van der Waals surface area contributed by atoms with Gasteiger partial charge in [-0.25, -0.2) is 4.98 Å². The van der Waals surface area contributed by atoms with Crippen LogP contribution in [0, 0.1) is 29.1 Å². The van der Waals surface area contributed by atoms with Gasteiger partial charge in [-0.3, -0.25) is 0 Å². The fourth-order valence-corrected chi connectivity index (χ4v) is 6.27. The van der Waals surface area contributed by atoms with E-state index in [1.54, 1.807) is 0 Å². The van der Waals surface area contributed by atoms with Crippen LogP contribution in [0.5, 0.6) is 0 Å². The van der Waals surface area contributed by atoms with Crippen molar-refractivity contribution in [3.63, 3.8) is 0 Å². The Bertz CT molecular complexity index is 1120. The fraction of sp³-hybridized carbons (Fsp3) is 0.786. The average molecular weight is 527 g/mol. The van der Waals surface area contributed by atoms with Gasteiger partial charge in [-0.2, -0.15) is 15.2 Å². The number of hydrogen-bond donors (Lipinski definition) is 2. The lowest BCUT2D eigenvalue weighted by atomic mass is 9.80. The summed E-state index contributed by atoms with van der Waals surface area (Å²) < 4.78 is 8.52. The zero-order chi connectivity index (χ0) is 27.0. The first-order valence-electron chi connectivity index (χ1n) is 14.2. The molecule has 9 heteroatoms. The first-order chi connectivity index (χ1) is 17.4. The molecule has 1 unspecified atom stereocenters. The van der Waals surface area contributed by atoms with Crippen LogP contribution in [-0.4, -0.2) is 45.6 Å². The van der Waals surface area contributed by atoms with Crippen LogP contribution in [0.15, 0.2) is 0 Å². The van der Waals surface area contributed by atoms with Crippen LogP contribution < -0.4 is 5.32 Å². The Morgan fingerprint density at radius 2 is 1.81 bits per heavy atom. The van der Waals surface area contributed by atoms with E-state index in [9.17, 15) is 10.4 Å². The summed E-state index contributed by atoms with van der Waals surface area (Å²) in [6, 6.07) is 2.35. The van der Waals surface area contributed by atoms with Crippen LogP contribution in [0.2, 0.25) is 18.1 Å².